The van der Waals surface area contributed by atoms with Crippen molar-refractivity contribution in [1.82, 2.24) is 5.32 Å². The maximum Gasteiger partial charge on any atom is 0.223 e. The highest BCUT2D eigenvalue weighted by molar-refractivity contribution is 7.94. The highest BCUT2D eigenvalue weighted by atomic mass is 32.2. The second-order valence-electron chi connectivity index (χ2n) is 5.08. The minimum Gasteiger partial charge on any atom is -0.349 e. The van der Waals surface area contributed by atoms with Crippen LogP contribution in [-0.4, -0.2) is 32.2 Å². The van der Waals surface area contributed by atoms with Crippen LogP contribution in [0, 0.1) is 5.92 Å². The van der Waals surface area contributed by atoms with Crippen LogP contribution in [0.5, 0.6) is 0 Å². The zero-order chi connectivity index (χ0) is 13.8. The number of carbonyl (C=O) groups excluding carboxylic acids is 1. The fraction of sp³-hybridized carbons (Fsp3) is 0.750. The van der Waals surface area contributed by atoms with Gasteiger partial charge in [-0.15, -0.1) is 0 Å². The molecule has 1 heterocycles. The average Bonchev–Trinajstić information content (AvgIpc) is 2.57. The van der Waals surface area contributed by atoms with Gasteiger partial charge in [0.2, 0.25) is 5.91 Å². The molecule has 0 saturated heterocycles. The van der Waals surface area contributed by atoms with E-state index in [1.807, 2.05) is 13.8 Å². The predicted octanol–water partition coefficient (Wildman–Crippen LogP) is 0.567. The van der Waals surface area contributed by atoms with E-state index in [0.29, 0.717) is 0 Å². The minimum absolute atomic E-state index is 0.0225. The number of rotatable bonds is 6. The van der Waals surface area contributed by atoms with Crippen LogP contribution in [0.3, 0.4) is 0 Å². The molecule has 3 atom stereocenters. The number of nitrogens with one attached hydrogen (secondary N) is 1. The lowest BCUT2D eigenvalue weighted by Crippen LogP contribution is -2.38. The largest absolute Gasteiger partial charge is 0.349 e. The molecule has 18 heavy (non-hydrogen) atoms. The summed E-state index contributed by atoms with van der Waals surface area (Å²) in [6, 6.07) is -0.221. The molecule has 104 valence electrons. The average molecular weight is 274 g/mol. The van der Waals surface area contributed by atoms with E-state index in [0.717, 1.165) is 19.3 Å². The first-order chi connectivity index (χ1) is 8.30. The molecule has 5 nitrogen and oxygen atoms in total. The third kappa shape index (κ3) is 5.18. The summed E-state index contributed by atoms with van der Waals surface area (Å²) in [6.45, 7) is 3.79. The van der Waals surface area contributed by atoms with E-state index >= 15 is 0 Å². The van der Waals surface area contributed by atoms with Crippen LogP contribution in [-0.2, 0) is 14.6 Å². The SMILES string of the molecule is CC(N)CCCC(C)C(=O)NC1C=CS(=O)(=O)C1. The molecule has 0 spiro atoms. The van der Waals surface area contributed by atoms with Crippen LogP contribution in [0.25, 0.3) is 0 Å². The summed E-state index contributed by atoms with van der Waals surface area (Å²) in [6.07, 6.45) is 4.11. The smallest absolute Gasteiger partial charge is 0.223 e. The molecule has 0 radical (unpaired) electrons. The van der Waals surface area contributed by atoms with Crippen molar-refractivity contribution in [3.8, 4) is 0 Å². The number of hydrogen-bond acceptors (Lipinski definition) is 4. The van der Waals surface area contributed by atoms with Crippen LogP contribution < -0.4 is 11.1 Å². The standard InChI is InChI=1S/C12H22N2O3S/c1-9(4-3-5-10(2)13)12(15)14-11-6-7-18(16,17)8-11/h6-7,9-11H,3-5,8,13H2,1-2H3,(H,14,15). The Hall–Kier alpha value is -0.880. The van der Waals surface area contributed by atoms with Crippen molar-refractivity contribution in [1.29, 1.82) is 0 Å². The normalized spacial score (nSPS) is 24.7. The molecule has 0 aromatic carbocycles. The Balaban J connectivity index is 2.31. The summed E-state index contributed by atoms with van der Waals surface area (Å²) < 4.78 is 22.4. The predicted molar refractivity (Wildman–Crippen MR) is 71.5 cm³/mol. The third-order valence-electron chi connectivity index (χ3n) is 3.00. The molecule has 0 aliphatic carbocycles. The first-order valence-corrected chi connectivity index (χ1v) is 7.98. The molecule has 1 aliphatic heterocycles. The summed E-state index contributed by atoms with van der Waals surface area (Å²) >= 11 is 0. The Labute approximate surface area is 109 Å². The molecule has 0 aromatic rings. The van der Waals surface area contributed by atoms with Crippen LogP contribution in [0.4, 0.5) is 0 Å². The lowest BCUT2D eigenvalue weighted by Gasteiger charge is -2.15. The number of hydrogen-bond donors (Lipinski definition) is 2. The molecule has 3 N–H and O–H groups in total. The number of nitrogens with two attached hydrogens (primary N) is 1. The van der Waals surface area contributed by atoms with E-state index in [1.54, 1.807) is 0 Å². The van der Waals surface area contributed by atoms with E-state index in [9.17, 15) is 13.2 Å². The van der Waals surface area contributed by atoms with Gasteiger partial charge in [-0.3, -0.25) is 4.79 Å². The summed E-state index contributed by atoms with van der Waals surface area (Å²) in [4.78, 5) is 11.8. The first kappa shape index (κ1) is 15.2. The lowest BCUT2D eigenvalue weighted by molar-refractivity contribution is -0.125. The molecule has 1 amide bonds. The fourth-order valence-electron chi connectivity index (χ4n) is 1.87. The van der Waals surface area contributed by atoms with Crippen molar-refractivity contribution in [3.63, 3.8) is 0 Å². The van der Waals surface area contributed by atoms with E-state index < -0.39 is 9.84 Å². The van der Waals surface area contributed by atoms with Crippen molar-refractivity contribution >= 4 is 15.7 Å². The van der Waals surface area contributed by atoms with Crippen molar-refractivity contribution in [2.24, 2.45) is 11.7 Å². The van der Waals surface area contributed by atoms with Gasteiger partial charge in [0.1, 0.15) is 0 Å². The Morgan fingerprint density at radius 2 is 2.11 bits per heavy atom. The van der Waals surface area contributed by atoms with Gasteiger partial charge in [-0.1, -0.05) is 13.3 Å². The Morgan fingerprint density at radius 3 is 2.61 bits per heavy atom. The topological polar surface area (TPSA) is 89.3 Å². The molecule has 0 fully saturated rings. The molecule has 0 bridgehead atoms. The Kier molecular flexibility index (Phi) is 5.34. The van der Waals surface area contributed by atoms with Crippen molar-refractivity contribution in [2.75, 3.05) is 5.75 Å². The zero-order valence-corrected chi connectivity index (χ0v) is 11.7. The van der Waals surface area contributed by atoms with Gasteiger partial charge in [0.15, 0.2) is 9.84 Å². The molecule has 1 rings (SSSR count). The van der Waals surface area contributed by atoms with Gasteiger partial charge >= 0.3 is 0 Å². The molecule has 6 heteroatoms. The van der Waals surface area contributed by atoms with Gasteiger partial charge in [0.25, 0.3) is 0 Å². The fourth-order valence-corrected chi connectivity index (χ4v) is 3.10. The van der Waals surface area contributed by atoms with E-state index in [4.69, 9.17) is 5.73 Å². The molecule has 0 aromatic heterocycles. The maximum absolute atomic E-state index is 11.8. The number of sulfone groups is 1. The van der Waals surface area contributed by atoms with Gasteiger partial charge in [-0.2, -0.15) is 0 Å². The van der Waals surface area contributed by atoms with Crippen molar-refractivity contribution < 1.29 is 13.2 Å². The van der Waals surface area contributed by atoms with Crippen molar-refractivity contribution in [3.05, 3.63) is 11.5 Å². The maximum atomic E-state index is 11.8. The molecule has 0 saturated carbocycles. The second kappa shape index (κ2) is 6.33. The Bertz CT molecular complexity index is 415. The summed E-state index contributed by atoms with van der Waals surface area (Å²) in [7, 11) is -3.11. The highest BCUT2D eigenvalue weighted by Gasteiger charge is 2.24. The first-order valence-electron chi connectivity index (χ1n) is 6.27. The minimum atomic E-state index is -3.11. The van der Waals surface area contributed by atoms with Crippen LogP contribution >= 0.6 is 0 Å². The van der Waals surface area contributed by atoms with E-state index in [1.165, 1.54) is 11.5 Å². The quantitative estimate of drug-likeness (QED) is 0.741. The lowest BCUT2D eigenvalue weighted by atomic mass is 10.0. The van der Waals surface area contributed by atoms with Crippen molar-refractivity contribution in [2.45, 2.75) is 45.2 Å². The highest BCUT2D eigenvalue weighted by Crippen LogP contribution is 2.12. The van der Waals surface area contributed by atoms with E-state index in [-0.39, 0.29) is 29.7 Å². The molecule has 1 aliphatic rings. The third-order valence-corrected chi connectivity index (χ3v) is 4.40. The molecule has 3 unspecified atom stereocenters. The van der Waals surface area contributed by atoms with Gasteiger partial charge in [-0.05, 0) is 25.8 Å². The summed E-state index contributed by atoms with van der Waals surface area (Å²) in [5.41, 5.74) is 5.64. The summed E-state index contributed by atoms with van der Waals surface area (Å²) in [5.74, 6) is -0.224. The second-order valence-corrected chi connectivity index (χ2v) is 7.01. The van der Waals surface area contributed by atoms with Gasteiger partial charge < -0.3 is 11.1 Å². The van der Waals surface area contributed by atoms with E-state index in [2.05, 4.69) is 5.32 Å². The van der Waals surface area contributed by atoms with Crippen LogP contribution in [0.1, 0.15) is 33.1 Å². The van der Waals surface area contributed by atoms with Crippen LogP contribution in [0.15, 0.2) is 11.5 Å². The zero-order valence-electron chi connectivity index (χ0n) is 10.9. The van der Waals surface area contributed by atoms with Gasteiger partial charge in [-0.25, -0.2) is 8.42 Å². The number of carbonyl (C=O) groups is 1. The summed E-state index contributed by atoms with van der Waals surface area (Å²) in [5, 5.41) is 3.90. The number of amides is 1. The Morgan fingerprint density at radius 1 is 1.44 bits per heavy atom. The molecular formula is C12H22N2O3S. The van der Waals surface area contributed by atoms with Gasteiger partial charge in [0, 0.05) is 17.4 Å². The van der Waals surface area contributed by atoms with Crippen LogP contribution in [0.2, 0.25) is 0 Å². The van der Waals surface area contributed by atoms with Gasteiger partial charge in [0.05, 0.1) is 11.8 Å². The monoisotopic (exact) mass is 274 g/mol. The molecular weight excluding hydrogens is 252 g/mol.